The van der Waals surface area contributed by atoms with E-state index >= 15 is 0 Å². The summed E-state index contributed by atoms with van der Waals surface area (Å²) < 4.78 is 17.2. The van der Waals surface area contributed by atoms with Gasteiger partial charge in [-0.05, 0) is 49.2 Å². The maximum Gasteiger partial charge on any atom is 0.332 e. The summed E-state index contributed by atoms with van der Waals surface area (Å²) in [6.45, 7) is 7.65. The van der Waals surface area contributed by atoms with Crippen LogP contribution in [0.3, 0.4) is 0 Å². The quantitative estimate of drug-likeness (QED) is 0.260. The Bertz CT molecular complexity index is 1100. The van der Waals surface area contributed by atoms with Crippen LogP contribution in [0.25, 0.3) is 0 Å². The third kappa shape index (κ3) is 8.43. The van der Waals surface area contributed by atoms with Gasteiger partial charge in [0.05, 0.1) is 0 Å². The number of nitrogen functional groups attached to an aromatic ring is 1. The van der Waals surface area contributed by atoms with Crippen LogP contribution in [0.5, 0.6) is 0 Å². The van der Waals surface area contributed by atoms with Gasteiger partial charge in [0.15, 0.2) is 6.10 Å². The fourth-order valence-corrected chi connectivity index (χ4v) is 4.96. The van der Waals surface area contributed by atoms with Crippen LogP contribution in [-0.4, -0.2) is 83.0 Å². The second-order valence-electron chi connectivity index (χ2n) is 9.19. The molecule has 1 unspecified atom stereocenters. The highest BCUT2D eigenvalue weighted by molar-refractivity contribution is 7.57. The van der Waals surface area contributed by atoms with Crippen molar-refractivity contribution in [1.29, 1.82) is 0 Å². The van der Waals surface area contributed by atoms with E-state index in [4.69, 9.17) is 15.6 Å². The van der Waals surface area contributed by atoms with E-state index in [1.807, 2.05) is 43.3 Å². The summed E-state index contributed by atoms with van der Waals surface area (Å²) in [5, 5.41) is 11.7. The van der Waals surface area contributed by atoms with Gasteiger partial charge in [-0.3, -0.25) is 14.3 Å². The first-order valence-corrected chi connectivity index (χ1v) is 13.9. The number of carbonyl (C=O) groups is 2. The van der Waals surface area contributed by atoms with Crippen molar-refractivity contribution in [1.82, 2.24) is 9.80 Å². The number of ether oxygens (including phenoxy) is 1. The number of nitrogens with two attached hydrogens (primary N) is 1. The highest BCUT2D eigenvalue weighted by atomic mass is 31.2. The Hall–Kier alpha value is -2.75. The number of anilines is 2. The fraction of sp³-hybridized carbons (Fsp3) is 0.440. The molecule has 0 bridgehead atoms. The fourth-order valence-electron chi connectivity index (χ4n) is 3.77. The molecule has 0 aliphatic carbocycles. The molecular formula is C25H35N4O6P. The molecule has 196 valence electrons. The van der Waals surface area contributed by atoms with Crippen molar-refractivity contribution < 1.29 is 28.9 Å². The number of nitrogens with one attached hydrogen (secondary N) is 1. The Morgan fingerprint density at radius 1 is 1.11 bits per heavy atom. The average Bonchev–Trinajstić information content (AvgIpc) is 2.85. The van der Waals surface area contributed by atoms with Gasteiger partial charge < -0.3 is 30.7 Å². The van der Waals surface area contributed by atoms with Gasteiger partial charge in [-0.2, -0.15) is 0 Å². The smallest absolute Gasteiger partial charge is 0.332 e. The number of carboxylic acid groups (broad SMARTS) is 1. The minimum atomic E-state index is -3.54. The molecule has 36 heavy (non-hydrogen) atoms. The molecule has 1 fully saturated rings. The lowest BCUT2D eigenvalue weighted by Gasteiger charge is -2.35. The molecule has 1 aliphatic heterocycles. The van der Waals surface area contributed by atoms with Crippen LogP contribution in [0, 0.1) is 6.92 Å². The third-order valence-electron chi connectivity index (χ3n) is 6.26. The molecule has 0 aromatic heterocycles. The zero-order valence-corrected chi connectivity index (χ0v) is 21.6. The molecular weight excluding hydrogens is 483 g/mol. The average molecular weight is 519 g/mol. The number of benzene rings is 2. The van der Waals surface area contributed by atoms with Crippen LogP contribution in [0.2, 0.25) is 0 Å². The van der Waals surface area contributed by atoms with E-state index in [1.165, 1.54) is 6.92 Å². The van der Waals surface area contributed by atoms with Crippen LogP contribution < -0.4 is 11.1 Å². The summed E-state index contributed by atoms with van der Waals surface area (Å²) in [6.07, 6.45) is -1.49. The molecule has 3 rings (SSSR count). The van der Waals surface area contributed by atoms with Gasteiger partial charge in [0.2, 0.25) is 7.37 Å². The highest BCUT2D eigenvalue weighted by Gasteiger charge is 2.25. The van der Waals surface area contributed by atoms with E-state index in [-0.39, 0.29) is 12.1 Å². The predicted octanol–water partition coefficient (Wildman–Crippen LogP) is 2.66. The Morgan fingerprint density at radius 3 is 2.36 bits per heavy atom. The lowest BCUT2D eigenvalue weighted by atomic mass is 10.1. The van der Waals surface area contributed by atoms with Gasteiger partial charge in [-0.15, -0.1) is 0 Å². The van der Waals surface area contributed by atoms with Crippen molar-refractivity contribution in [3.05, 3.63) is 59.2 Å². The topological polar surface area (TPSA) is 145 Å². The van der Waals surface area contributed by atoms with Gasteiger partial charge in [-0.1, -0.05) is 18.2 Å². The minimum Gasteiger partial charge on any atom is -0.479 e. The number of hydrogen-bond donors (Lipinski definition) is 4. The Kier molecular flexibility index (Phi) is 9.64. The van der Waals surface area contributed by atoms with E-state index in [1.54, 1.807) is 6.07 Å². The van der Waals surface area contributed by atoms with Crippen molar-refractivity contribution in [2.45, 2.75) is 26.5 Å². The lowest BCUT2D eigenvalue weighted by molar-refractivity contribution is -0.147. The maximum atomic E-state index is 12.5. The normalized spacial score (nSPS) is 17.3. The molecule has 1 amide bonds. The zero-order valence-electron chi connectivity index (χ0n) is 20.7. The maximum absolute atomic E-state index is 12.5. The largest absolute Gasteiger partial charge is 0.479 e. The number of carbonyl (C=O) groups excluding carboxylic acids is 1. The third-order valence-corrected chi connectivity index (χ3v) is 7.72. The molecule has 11 heteroatoms. The molecule has 1 heterocycles. The minimum absolute atomic E-state index is 0.0675. The highest BCUT2D eigenvalue weighted by Crippen LogP contribution is 2.40. The Balaban J connectivity index is 1.41. The lowest BCUT2D eigenvalue weighted by Crippen LogP contribution is -2.46. The number of amides is 1. The van der Waals surface area contributed by atoms with Crippen LogP contribution in [0.4, 0.5) is 11.4 Å². The molecule has 2 aromatic carbocycles. The monoisotopic (exact) mass is 518 g/mol. The van der Waals surface area contributed by atoms with Crippen molar-refractivity contribution in [3.63, 3.8) is 0 Å². The molecule has 1 aliphatic rings. The van der Waals surface area contributed by atoms with Crippen molar-refractivity contribution in [2.75, 3.05) is 56.3 Å². The number of carboxylic acids is 1. The first kappa shape index (κ1) is 27.8. The number of piperazine rings is 1. The molecule has 0 spiro atoms. The predicted molar refractivity (Wildman–Crippen MR) is 139 cm³/mol. The summed E-state index contributed by atoms with van der Waals surface area (Å²) in [5.74, 6) is -1.35. The molecule has 2 aromatic rings. The number of aryl methyl sites for hydroxylation is 1. The van der Waals surface area contributed by atoms with E-state index in [0.717, 1.165) is 43.9 Å². The molecule has 2 atom stereocenters. The summed E-state index contributed by atoms with van der Waals surface area (Å²) in [4.78, 5) is 37.8. The number of aliphatic carboxylic acids is 1. The molecule has 1 saturated heterocycles. The first-order valence-electron chi connectivity index (χ1n) is 11.9. The van der Waals surface area contributed by atoms with Crippen LogP contribution in [-0.2, 0) is 20.6 Å². The van der Waals surface area contributed by atoms with Crippen LogP contribution in [0.15, 0.2) is 42.5 Å². The summed E-state index contributed by atoms with van der Waals surface area (Å²) >= 11 is 0. The molecule has 0 radical (unpaired) electrons. The van der Waals surface area contributed by atoms with E-state index < -0.39 is 25.8 Å². The second kappa shape index (κ2) is 12.5. The van der Waals surface area contributed by atoms with Crippen molar-refractivity contribution >= 4 is 30.6 Å². The number of rotatable bonds is 11. The summed E-state index contributed by atoms with van der Waals surface area (Å²) in [7, 11) is -3.54. The Labute approximate surface area is 211 Å². The summed E-state index contributed by atoms with van der Waals surface area (Å²) in [5.41, 5.74) is 9.83. The first-order chi connectivity index (χ1) is 17.0. The standard InChI is InChI=1S/C25H35N4O6P/c1-18-3-8-22(15-23(18)26)27-24(30)21-6-4-20(5-7-21)16-29-11-9-28(10-12-29)13-14-36(33,34)17-35-19(2)25(31)32/h3-8,15,19H,9-14,16-17,26H2,1-2H3,(H,27,30)(H,31,32)(H,33,34)/t19-/m1/s1. The zero-order chi connectivity index (χ0) is 26.3. The van der Waals surface area contributed by atoms with E-state index in [9.17, 15) is 19.0 Å². The van der Waals surface area contributed by atoms with Gasteiger partial charge in [0, 0.05) is 62.4 Å². The van der Waals surface area contributed by atoms with Gasteiger partial charge in [0.25, 0.3) is 5.91 Å². The van der Waals surface area contributed by atoms with Gasteiger partial charge in [-0.25, -0.2) is 4.79 Å². The number of hydrogen-bond acceptors (Lipinski definition) is 7. The molecule has 10 nitrogen and oxygen atoms in total. The Morgan fingerprint density at radius 2 is 1.75 bits per heavy atom. The van der Waals surface area contributed by atoms with Crippen LogP contribution >= 0.6 is 7.37 Å². The van der Waals surface area contributed by atoms with Gasteiger partial charge in [0.1, 0.15) is 6.35 Å². The number of nitrogens with zero attached hydrogens (tertiary/aromatic N) is 2. The van der Waals surface area contributed by atoms with Crippen molar-refractivity contribution in [2.24, 2.45) is 0 Å². The SMILES string of the molecule is Cc1ccc(NC(=O)c2ccc(CN3CCN(CCP(=O)(O)CO[C@H](C)C(=O)O)CC3)cc2)cc1N. The molecule has 5 N–H and O–H groups in total. The summed E-state index contributed by atoms with van der Waals surface area (Å²) in [6, 6.07) is 13.0. The van der Waals surface area contributed by atoms with E-state index in [0.29, 0.717) is 23.5 Å². The van der Waals surface area contributed by atoms with Gasteiger partial charge >= 0.3 is 5.97 Å². The van der Waals surface area contributed by atoms with Crippen LogP contribution in [0.1, 0.15) is 28.4 Å². The second-order valence-corrected chi connectivity index (χ2v) is 11.6. The van der Waals surface area contributed by atoms with E-state index in [2.05, 4.69) is 15.1 Å². The van der Waals surface area contributed by atoms with Crippen molar-refractivity contribution in [3.8, 4) is 0 Å². The molecule has 0 saturated carbocycles.